The van der Waals surface area contributed by atoms with Crippen molar-refractivity contribution in [2.75, 3.05) is 5.32 Å². The first-order chi connectivity index (χ1) is 9.45. The van der Waals surface area contributed by atoms with Crippen LogP contribution in [0.4, 0.5) is 5.69 Å². The van der Waals surface area contributed by atoms with Crippen molar-refractivity contribution < 1.29 is 9.90 Å². The second kappa shape index (κ2) is 6.29. The second-order valence-corrected chi connectivity index (χ2v) is 6.54. The van der Waals surface area contributed by atoms with Crippen molar-refractivity contribution in [3.8, 4) is 0 Å². The molecule has 0 saturated carbocycles. The predicted molar refractivity (Wildman–Crippen MR) is 84.3 cm³/mol. The highest BCUT2D eigenvalue weighted by molar-refractivity contribution is 7.11. The molecule has 0 bridgehead atoms. The number of carbonyl (C=O) groups is 1. The number of hydrogen-bond acceptors (Lipinski definition) is 3. The lowest BCUT2D eigenvalue weighted by molar-refractivity contribution is 0.0697. The van der Waals surface area contributed by atoms with Crippen molar-refractivity contribution in [2.24, 2.45) is 0 Å². The van der Waals surface area contributed by atoms with Gasteiger partial charge in [-0.05, 0) is 44.2 Å². The van der Waals surface area contributed by atoms with Crippen LogP contribution in [0.3, 0.4) is 0 Å². The van der Waals surface area contributed by atoms with E-state index in [0.717, 1.165) is 12.1 Å². The number of aromatic carboxylic acids is 1. The molecule has 3 nitrogen and oxygen atoms in total. The van der Waals surface area contributed by atoms with Gasteiger partial charge < -0.3 is 10.4 Å². The molecule has 1 heterocycles. The van der Waals surface area contributed by atoms with Crippen molar-refractivity contribution in [1.82, 2.24) is 0 Å². The van der Waals surface area contributed by atoms with E-state index in [9.17, 15) is 4.79 Å². The molecule has 0 radical (unpaired) electrons. The first-order valence-corrected chi connectivity index (χ1v) is 7.50. The summed E-state index contributed by atoms with van der Waals surface area (Å²) in [6, 6.07) is 9.42. The molecule has 0 aliphatic heterocycles. The summed E-state index contributed by atoms with van der Waals surface area (Å²) in [6.45, 7) is 4.19. The maximum absolute atomic E-state index is 10.9. The van der Waals surface area contributed by atoms with Crippen molar-refractivity contribution >= 4 is 34.6 Å². The van der Waals surface area contributed by atoms with Gasteiger partial charge in [-0.3, -0.25) is 0 Å². The summed E-state index contributed by atoms with van der Waals surface area (Å²) in [5.74, 6) is -1.01. The molecule has 1 unspecified atom stereocenters. The summed E-state index contributed by atoms with van der Waals surface area (Å²) in [5, 5.41) is 12.5. The van der Waals surface area contributed by atoms with Crippen LogP contribution in [-0.2, 0) is 6.42 Å². The normalized spacial score (nSPS) is 12.2. The number of carboxylic acid groups (broad SMARTS) is 1. The van der Waals surface area contributed by atoms with E-state index in [4.69, 9.17) is 16.7 Å². The maximum atomic E-state index is 10.9. The van der Waals surface area contributed by atoms with Gasteiger partial charge in [0.05, 0.1) is 10.6 Å². The SMILES string of the molecule is Cc1ccc(CC(C)Nc2ccc(C(=O)O)c(Cl)c2)s1. The average Bonchev–Trinajstić information content (AvgIpc) is 2.74. The van der Waals surface area contributed by atoms with Crippen LogP contribution in [0, 0.1) is 6.92 Å². The van der Waals surface area contributed by atoms with Crippen LogP contribution in [0.2, 0.25) is 5.02 Å². The van der Waals surface area contributed by atoms with Crippen LogP contribution in [0.25, 0.3) is 0 Å². The van der Waals surface area contributed by atoms with E-state index in [-0.39, 0.29) is 16.6 Å². The number of nitrogens with one attached hydrogen (secondary N) is 1. The van der Waals surface area contributed by atoms with Gasteiger partial charge in [0.25, 0.3) is 0 Å². The van der Waals surface area contributed by atoms with Crippen LogP contribution in [0.15, 0.2) is 30.3 Å². The van der Waals surface area contributed by atoms with Gasteiger partial charge in [0.2, 0.25) is 0 Å². The highest BCUT2D eigenvalue weighted by Gasteiger charge is 2.10. The van der Waals surface area contributed by atoms with Gasteiger partial charge in [0.15, 0.2) is 0 Å². The predicted octanol–water partition coefficient (Wildman–Crippen LogP) is 4.45. The summed E-state index contributed by atoms with van der Waals surface area (Å²) >= 11 is 7.74. The van der Waals surface area contributed by atoms with Gasteiger partial charge in [0, 0.05) is 27.9 Å². The Hall–Kier alpha value is -1.52. The van der Waals surface area contributed by atoms with E-state index in [1.54, 1.807) is 23.5 Å². The zero-order valence-corrected chi connectivity index (χ0v) is 12.9. The standard InChI is InChI=1S/C15H16ClNO2S/c1-9(7-12-5-3-10(2)20-12)17-11-4-6-13(15(18)19)14(16)8-11/h3-6,8-9,17H,7H2,1-2H3,(H,18,19). The van der Waals surface area contributed by atoms with Crippen LogP contribution in [0.5, 0.6) is 0 Å². The molecule has 0 fully saturated rings. The molecule has 1 aromatic heterocycles. The Morgan fingerprint density at radius 2 is 2.15 bits per heavy atom. The molecule has 0 spiro atoms. The van der Waals surface area contributed by atoms with Crippen molar-refractivity contribution in [3.05, 3.63) is 50.7 Å². The summed E-state index contributed by atoms with van der Waals surface area (Å²) in [5.41, 5.74) is 0.958. The molecular weight excluding hydrogens is 294 g/mol. The lowest BCUT2D eigenvalue weighted by atomic mass is 10.1. The first-order valence-electron chi connectivity index (χ1n) is 6.30. The second-order valence-electron chi connectivity index (χ2n) is 4.76. The average molecular weight is 310 g/mol. The highest BCUT2D eigenvalue weighted by atomic mass is 35.5. The Morgan fingerprint density at radius 1 is 1.40 bits per heavy atom. The van der Waals surface area contributed by atoms with Gasteiger partial charge in [-0.15, -0.1) is 11.3 Å². The van der Waals surface area contributed by atoms with Gasteiger partial charge in [-0.1, -0.05) is 11.6 Å². The fourth-order valence-electron chi connectivity index (χ4n) is 2.01. The zero-order chi connectivity index (χ0) is 14.7. The number of halogens is 1. The third kappa shape index (κ3) is 3.74. The fourth-order valence-corrected chi connectivity index (χ4v) is 3.29. The molecule has 0 aliphatic carbocycles. The van der Waals surface area contributed by atoms with Gasteiger partial charge in [-0.2, -0.15) is 0 Å². The van der Waals surface area contributed by atoms with E-state index >= 15 is 0 Å². The quantitative estimate of drug-likeness (QED) is 0.857. The number of anilines is 1. The molecule has 20 heavy (non-hydrogen) atoms. The minimum atomic E-state index is -1.01. The van der Waals surface area contributed by atoms with Crippen LogP contribution in [-0.4, -0.2) is 17.1 Å². The van der Waals surface area contributed by atoms with E-state index in [2.05, 4.69) is 31.3 Å². The molecule has 1 aromatic carbocycles. The topological polar surface area (TPSA) is 49.3 Å². The van der Waals surface area contributed by atoms with Gasteiger partial charge in [0.1, 0.15) is 0 Å². The third-order valence-electron chi connectivity index (χ3n) is 2.92. The van der Waals surface area contributed by atoms with E-state index < -0.39 is 5.97 Å². The van der Waals surface area contributed by atoms with E-state index in [1.807, 2.05) is 0 Å². The number of rotatable bonds is 5. The Kier molecular flexibility index (Phi) is 4.68. The number of carboxylic acids is 1. The first kappa shape index (κ1) is 14.9. The summed E-state index contributed by atoms with van der Waals surface area (Å²) in [4.78, 5) is 13.5. The molecular formula is C15H16ClNO2S. The van der Waals surface area contributed by atoms with Gasteiger partial charge >= 0.3 is 5.97 Å². The van der Waals surface area contributed by atoms with E-state index in [1.165, 1.54) is 15.8 Å². The smallest absolute Gasteiger partial charge is 0.337 e. The minimum Gasteiger partial charge on any atom is -0.478 e. The molecule has 2 aromatic rings. The van der Waals surface area contributed by atoms with Crippen molar-refractivity contribution in [1.29, 1.82) is 0 Å². The number of aryl methyl sites for hydroxylation is 1. The summed E-state index contributed by atoms with van der Waals surface area (Å²) in [7, 11) is 0. The third-order valence-corrected chi connectivity index (χ3v) is 4.25. The molecule has 0 saturated heterocycles. The van der Waals surface area contributed by atoms with E-state index in [0.29, 0.717) is 0 Å². The molecule has 2 rings (SSSR count). The number of benzene rings is 1. The van der Waals surface area contributed by atoms with Crippen LogP contribution < -0.4 is 5.32 Å². The van der Waals surface area contributed by atoms with Crippen molar-refractivity contribution in [2.45, 2.75) is 26.3 Å². The lowest BCUT2D eigenvalue weighted by Gasteiger charge is -2.15. The maximum Gasteiger partial charge on any atom is 0.337 e. The summed E-state index contributed by atoms with van der Waals surface area (Å²) in [6.07, 6.45) is 0.927. The Morgan fingerprint density at radius 3 is 2.70 bits per heavy atom. The monoisotopic (exact) mass is 309 g/mol. The molecule has 2 N–H and O–H groups in total. The zero-order valence-electron chi connectivity index (χ0n) is 11.3. The molecule has 0 amide bonds. The Balaban J connectivity index is 2.02. The Bertz CT molecular complexity index is 624. The van der Waals surface area contributed by atoms with Crippen LogP contribution in [0.1, 0.15) is 27.0 Å². The fraction of sp³-hybridized carbons (Fsp3) is 0.267. The number of hydrogen-bond donors (Lipinski definition) is 2. The van der Waals surface area contributed by atoms with Crippen molar-refractivity contribution in [3.63, 3.8) is 0 Å². The minimum absolute atomic E-state index is 0.124. The Labute approximate surface area is 127 Å². The molecule has 5 heteroatoms. The largest absolute Gasteiger partial charge is 0.478 e. The summed E-state index contributed by atoms with van der Waals surface area (Å²) < 4.78 is 0. The molecule has 0 aliphatic rings. The molecule has 1 atom stereocenters. The van der Waals surface area contributed by atoms with Gasteiger partial charge in [-0.25, -0.2) is 4.79 Å². The van der Waals surface area contributed by atoms with Crippen LogP contribution >= 0.6 is 22.9 Å². The number of thiophene rings is 1. The highest BCUT2D eigenvalue weighted by Crippen LogP contribution is 2.23. The molecule has 106 valence electrons. The lowest BCUT2D eigenvalue weighted by Crippen LogP contribution is -2.17.